The summed E-state index contributed by atoms with van der Waals surface area (Å²) in [5.74, 6) is -1.28. The average molecular weight is 350 g/mol. The van der Waals surface area contributed by atoms with E-state index < -0.39 is 17.9 Å². The fourth-order valence-corrected chi connectivity index (χ4v) is 1.93. The molecule has 0 aliphatic carbocycles. The summed E-state index contributed by atoms with van der Waals surface area (Å²) in [5.41, 5.74) is 0.182. The number of nitrogens with zero attached hydrogens (tertiary/aromatic N) is 4. The van der Waals surface area contributed by atoms with Crippen molar-refractivity contribution in [2.75, 3.05) is 0 Å². The predicted molar refractivity (Wildman–Crippen MR) is 74.3 cm³/mol. The summed E-state index contributed by atoms with van der Waals surface area (Å²) in [7, 11) is 0. The van der Waals surface area contributed by atoms with Crippen LogP contribution in [0.4, 0.5) is 17.6 Å². The second-order valence-electron chi connectivity index (χ2n) is 4.69. The molecule has 0 aliphatic rings. The Balaban J connectivity index is 1.98. The summed E-state index contributed by atoms with van der Waals surface area (Å²) in [4.78, 5) is 7.74. The minimum atomic E-state index is -4.91. The molecule has 3 rings (SSSR count). The van der Waals surface area contributed by atoms with Gasteiger partial charge < -0.3 is 9.26 Å². The monoisotopic (exact) mass is 350 g/mol. The first kappa shape index (κ1) is 16.4. The van der Waals surface area contributed by atoms with Gasteiger partial charge in [0.15, 0.2) is 0 Å². The number of nitriles is 1. The molecule has 0 fully saturated rings. The van der Waals surface area contributed by atoms with Gasteiger partial charge in [-0.05, 0) is 30.3 Å². The first-order valence-electron chi connectivity index (χ1n) is 6.61. The quantitative estimate of drug-likeness (QED) is 0.670. The summed E-state index contributed by atoms with van der Waals surface area (Å²) in [6.07, 6.45) is -3.96. The normalized spacial score (nSPS) is 11.2. The highest BCUT2D eigenvalue weighted by Gasteiger charge is 2.31. The third-order valence-corrected chi connectivity index (χ3v) is 2.90. The van der Waals surface area contributed by atoms with Crippen LogP contribution in [-0.2, 0) is 0 Å². The molecule has 0 saturated carbocycles. The van der Waals surface area contributed by atoms with E-state index >= 15 is 0 Å². The van der Waals surface area contributed by atoms with E-state index in [-0.39, 0.29) is 28.5 Å². The number of benzene rings is 1. The van der Waals surface area contributed by atoms with Gasteiger partial charge in [0.05, 0.1) is 17.8 Å². The molecule has 0 N–H and O–H groups in total. The number of rotatable bonds is 3. The van der Waals surface area contributed by atoms with E-state index in [2.05, 4.69) is 19.9 Å². The molecule has 2 heterocycles. The van der Waals surface area contributed by atoms with Crippen molar-refractivity contribution in [2.24, 2.45) is 0 Å². The summed E-state index contributed by atoms with van der Waals surface area (Å²) >= 11 is 0. The van der Waals surface area contributed by atoms with Crippen LogP contribution in [0.3, 0.4) is 0 Å². The first-order chi connectivity index (χ1) is 11.8. The van der Waals surface area contributed by atoms with Crippen molar-refractivity contribution >= 4 is 0 Å². The number of hydrogen-bond acceptors (Lipinski definition) is 6. The molecule has 0 unspecified atom stereocenters. The highest BCUT2D eigenvalue weighted by atomic mass is 19.4. The maximum absolute atomic E-state index is 12.9. The van der Waals surface area contributed by atoms with Gasteiger partial charge in [0.2, 0.25) is 5.82 Å². The number of hydrogen-bond donors (Lipinski definition) is 0. The molecule has 25 heavy (non-hydrogen) atoms. The number of aromatic nitrogens is 3. The lowest BCUT2D eigenvalue weighted by atomic mass is 10.1. The molecule has 1 aromatic carbocycles. The minimum Gasteiger partial charge on any atom is -0.406 e. The maximum atomic E-state index is 12.9. The molecule has 0 bridgehead atoms. The van der Waals surface area contributed by atoms with E-state index in [1.807, 2.05) is 0 Å². The lowest BCUT2D eigenvalue weighted by Crippen LogP contribution is -2.17. The number of halogens is 4. The Morgan fingerprint density at radius 2 is 1.96 bits per heavy atom. The topological polar surface area (TPSA) is 84.8 Å². The predicted octanol–water partition coefficient (Wildman–Crippen LogP) is 3.71. The van der Waals surface area contributed by atoms with Crippen molar-refractivity contribution in [3.63, 3.8) is 0 Å². The Morgan fingerprint density at radius 3 is 2.60 bits per heavy atom. The lowest BCUT2D eigenvalue weighted by Gasteiger charge is -2.09. The molecule has 0 spiro atoms. The largest absolute Gasteiger partial charge is 0.573 e. The highest BCUT2D eigenvalue weighted by molar-refractivity contribution is 5.62. The Morgan fingerprint density at radius 1 is 1.16 bits per heavy atom. The molecule has 0 saturated heterocycles. The lowest BCUT2D eigenvalue weighted by molar-refractivity contribution is -0.274. The molecule has 0 aliphatic heterocycles. The Kier molecular flexibility index (Phi) is 4.06. The van der Waals surface area contributed by atoms with Gasteiger partial charge >= 0.3 is 6.36 Å². The Hall–Kier alpha value is -3.48. The van der Waals surface area contributed by atoms with Crippen LogP contribution < -0.4 is 4.74 Å². The number of pyridine rings is 1. The van der Waals surface area contributed by atoms with Crippen LogP contribution in [0.5, 0.6) is 5.75 Å². The van der Waals surface area contributed by atoms with E-state index in [0.717, 1.165) is 24.4 Å². The third kappa shape index (κ3) is 3.89. The van der Waals surface area contributed by atoms with Crippen LogP contribution in [-0.4, -0.2) is 21.5 Å². The molecule has 6 nitrogen and oxygen atoms in total. The molecule has 0 amide bonds. The van der Waals surface area contributed by atoms with Crippen LogP contribution in [0.2, 0.25) is 0 Å². The van der Waals surface area contributed by atoms with Crippen LogP contribution in [0, 0.1) is 17.1 Å². The Labute approximate surface area is 137 Å². The summed E-state index contributed by atoms with van der Waals surface area (Å²) < 4.78 is 58.8. The van der Waals surface area contributed by atoms with Crippen LogP contribution in [0.25, 0.3) is 23.0 Å². The molecule has 126 valence electrons. The van der Waals surface area contributed by atoms with Gasteiger partial charge in [-0.15, -0.1) is 13.2 Å². The smallest absolute Gasteiger partial charge is 0.406 e. The molecule has 10 heteroatoms. The fraction of sp³-hybridized carbons (Fsp3) is 0.0667. The minimum absolute atomic E-state index is 0.0596. The van der Waals surface area contributed by atoms with Crippen molar-refractivity contribution in [3.8, 4) is 34.8 Å². The maximum Gasteiger partial charge on any atom is 0.573 e. The zero-order valence-electron chi connectivity index (χ0n) is 12.1. The van der Waals surface area contributed by atoms with Crippen molar-refractivity contribution in [2.45, 2.75) is 6.36 Å². The molecule has 0 atom stereocenters. The van der Waals surface area contributed by atoms with Crippen LogP contribution in [0.1, 0.15) is 5.56 Å². The molecular weight excluding hydrogens is 344 g/mol. The average Bonchev–Trinajstić information content (AvgIpc) is 3.03. The van der Waals surface area contributed by atoms with Gasteiger partial charge in [0.25, 0.3) is 5.89 Å². The van der Waals surface area contributed by atoms with Crippen LogP contribution in [0.15, 0.2) is 41.1 Å². The van der Waals surface area contributed by atoms with Crippen molar-refractivity contribution in [1.82, 2.24) is 15.1 Å². The first-order valence-corrected chi connectivity index (χ1v) is 6.61. The van der Waals surface area contributed by atoms with Crippen molar-refractivity contribution < 1.29 is 26.8 Å². The van der Waals surface area contributed by atoms with E-state index in [9.17, 15) is 17.6 Å². The second kappa shape index (κ2) is 6.20. The SMILES string of the molecule is N#Cc1cc(OC(F)(F)F)cc(-c2noc(-c3ccc(F)cn3)n2)c1. The summed E-state index contributed by atoms with van der Waals surface area (Å²) in [6, 6.07) is 7.38. The molecule has 2 aromatic heterocycles. The zero-order valence-corrected chi connectivity index (χ0v) is 12.1. The van der Waals surface area contributed by atoms with Gasteiger partial charge in [-0.1, -0.05) is 5.16 Å². The second-order valence-corrected chi connectivity index (χ2v) is 4.69. The molecule has 3 aromatic rings. The number of ether oxygens (including phenoxy) is 1. The molecular formula is C15H6F4N4O2. The van der Waals surface area contributed by atoms with Gasteiger partial charge in [-0.3, -0.25) is 0 Å². The Bertz CT molecular complexity index is 945. The number of alkyl halides is 3. The van der Waals surface area contributed by atoms with E-state index in [4.69, 9.17) is 9.78 Å². The van der Waals surface area contributed by atoms with Gasteiger partial charge in [0, 0.05) is 5.56 Å². The van der Waals surface area contributed by atoms with Gasteiger partial charge in [-0.25, -0.2) is 9.37 Å². The zero-order chi connectivity index (χ0) is 18.0. The van der Waals surface area contributed by atoms with E-state index in [0.29, 0.717) is 0 Å². The van der Waals surface area contributed by atoms with Crippen molar-refractivity contribution in [3.05, 3.63) is 47.9 Å². The highest BCUT2D eigenvalue weighted by Crippen LogP contribution is 2.29. The van der Waals surface area contributed by atoms with E-state index in [1.165, 1.54) is 12.1 Å². The third-order valence-electron chi connectivity index (χ3n) is 2.90. The van der Waals surface area contributed by atoms with Gasteiger partial charge in [0.1, 0.15) is 17.3 Å². The van der Waals surface area contributed by atoms with Crippen LogP contribution >= 0.6 is 0 Å². The van der Waals surface area contributed by atoms with Gasteiger partial charge in [-0.2, -0.15) is 10.2 Å². The summed E-state index contributed by atoms with van der Waals surface area (Å²) in [6.45, 7) is 0. The van der Waals surface area contributed by atoms with E-state index in [1.54, 1.807) is 6.07 Å². The summed E-state index contributed by atoms with van der Waals surface area (Å²) in [5, 5.41) is 12.6. The van der Waals surface area contributed by atoms with Crippen molar-refractivity contribution in [1.29, 1.82) is 5.26 Å². The molecule has 0 radical (unpaired) electrons. The standard InChI is InChI=1S/C15H6F4N4O2/c16-10-1-2-12(21-7-10)14-22-13(23-25-14)9-3-8(6-20)4-11(5-9)24-15(17,18)19/h1-5,7H. The fourth-order valence-electron chi connectivity index (χ4n) is 1.93.